The number of likely N-dealkylation sites (N-methyl/N-ethyl adjacent to an activating group) is 1. The summed E-state index contributed by atoms with van der Waals surface area (Å²) in [4.78, 5) is 84.6. The molecule has 15 nitrogen and oxygen atoms in total. The highest BCUT2D eigenvalue weighted by Crippen LogP contribution is 2.44. The number of benzene rings is 2. The van der Waals surface area contributed by atoms with Crippen molar-refractivity contribution in [3.8, 4) is 0 Å². The van der Waals surface area contributed by atoms with Gasteiger partial charge in [0.05, 0.1) is 24.5 Å². The first-order chi connectivity index (χ1) is 23.1. The number of aryl methyl sites for hydroxylation is 2. The van der Waals surface area contributed by atoms with Crippen molar-refractivity contribution in [2.75, 3.05) is 29.5 Å². The van der Waals surface area contributed by atoms with Gasteiger partial charge in [-0.3, -0.25) is 28.9 Å². The molecule has 262 valence electrons. The molecule has 0 aromatic heterocycles. The number of urea groups is 1. The first-order valence-corrected chi connectivity index (χ1v) is 15.6. The number of aliphatic hydroxyl groups is 1. The summed E-state index contributed by atoms with van der Waals surface area (Å²) in [5.74, 6) is -4.56. The maximum absolute atomic E-state index is 14.3. The largest absolute Gasteiger partial charge is 0.462 e. The van der Waals surface area contributed by atoms with E-state index in [9.17, 15) is 33.9 Å². The van der Waals surface area contributed by atoms with Gasteiger partial charge in [-0.25, -0.2) is 4.79 Å². The lowest BCUT2D eigenvalue weighted by Gasteiger charge is -2.52. The molecule has 2 aromatic carbocycles. The summed E-state index contributed by atoms with van der Waals surface area (Å²) in [5.41, 5.74) is 0.518. The smallest absolute Gasteiger partial charge is 0.352 e. The number of esters is 4. The van der Waals surface area contributed by atoms with E-state index in [1.165, 1.54) is 9.80 Å². The summed E-state index contributed by atoms with van der Waals surface area (Å²) in [6.07, 6.45) is -4.52. The summed E-state index contributed by atoms with van der Waals surface area (Å²) < 4.78 is 21.7. The topological polar surface area (TPSA) is 182 Å². The van der Waals surface area contributed by atoms with Crippen molar-refractivity contribution < 1.29 is 52.8 Å². The number of anilines is 2. The number of ether oxygens (including phenoxy) is 4. The van der Waals surface area contributed by atoms with E-state index in [4.69, 9.17) is 18.9 Å². The van der Waals surface area contributed by atoms with Crippen LogP contribution in [0.2, 0.25) is 0 Å². The van der Waals surface area contributed by atoms with Gasteiger partial charge in [0.1, 0.15) is 6.61 Å². The van der Waals surface area contributed by atoms with E-state index >= 15 is 0 Å². The van der Waals surface area contributed by atoms with Crippen molar-refractivity contribution in [3.05, 3.63) is 59.2 Å². The van der Waals surface area contributed by atoms with Crippen LogP contribution in [0.15, 0.2) is 47.5 Å². The molecule has 15 heteroatoms. The molecule has 49 heavy (non-hydrogen) atoms. The molecule has 0 fully saturated rings. The van der Waals surface area contributed by atoms with Crippen LogP contribution < -0.4 is 9.80 Å². The standard InChI is InChI=1S/C34H40N4O11/c1-8-38-27-15-20(3)19(2)14-26(27)36(31-34(38,45)32(43)37(33(44)35-31)16-25-12-10-9-11-13-25)17-28(47-22(5)40)30(49-24(7)42)29(48-23(6)41)18-46-21(4)39/h9-15,28-30,45H,8,16-18H2,1-7H3/t28-,29+,30-,34?/m0/s1. The third-order valence-electron chi connectivity index (χ3n) is 8.09. The molecular weight excluding hydrogens is 640 g/mol. The lowest BCUT2D eigenvalue weighted by atomic mass is 9.94. The molecule has 2 aliphatic heterocycles. The zero-order valence-corrected chi connectivity index (χ0v) is 28.4. The van der Waals surface area contributed by atoms with E-state index in [-0.39, 0.29) is 18.9 Å². The molecule has 0 radical (unpaired) electrons. The lowest BCUT2D eigenvalue weighted by molar-refractivity contribution is -0.188. The zero-order chi connectivity index (χ0) is 36.2. The van der Waals surface area contributed by atoms with E-state index in [0.29, 0.717) is 16.9 Å². The highest BCUT2D eigenvalue weighted by atomic mass is 16.6. The minimum Gasteiger partial charge on any atom is -0.462 e. The van der Waals surface area contributed by atoms with Crippen LogP contribution in [0.5, 0.6) is 0 Å². The van der Waals surface area contributed by atoms with E-state index in [1.807, 2.05) is 13.8 Å². The number of amides is 3. The van der Waals surface area contributed by atoms with Crippen LogP contribution in [0, 0.1) is 13.8 Å². The number of carbonyl (C=O) groups is 6. The molecule has 4 rings (SSSR count). The van der Waals surface area contributed by atoms with Gasteiger partial charge in [0.2, 0.25) is 0 Å². The van der Waals surface area contributed by atoms with Gasteiger partial charge in [0.15, 0.2) is 24.1 Å². The molecule has 1 unspecified atom stereocenters. The molecule has 0 saturated carbocycles. The molecule has 0 saturated heterocycles. The Morgan fingerprint density at radius 1 is 0.816 bits per heavy atom. The van der Waals surface area contributed by atoms with Crippen LogP contribution >= 0.6 is 0 Å². The molecule has 0 aliphatic carbocycles. The Kier molecular flexibility index (Phi) is 11.1. The van der Waals surface area contributed by atoms with Gasteiger partial charge in [0.25, 0.3) is 11.6 Å². The molecule has 4 atom stereocenters. The Morgan fingerprint density at radius 2 is 1.39 bits per heavy atom. The molecule has 1 N–H and O–H groups in total. The molecule has 2 heterocycles. The summed E-state index contributed by atoms with van der Waals surface area (Å²) in [7, 11) is 0. The third-order valence-corrected chi connectivity index (χ3v) is 8.09. The fourth-order valence-corrected chi connectivity index (χ4v) is 5.87. The Balaban J connectivity index is 1.92. The van der Waals surface area contributed by atoms with Crippen LogP contribution in [0.4, 0.5) is 16.2 Å². The fraction of sp³-hybridized carbons (Fsp3) is 0.441. The zero-order valence-electron chi connectivity index (χ0n) is 28.4. The second-order valence-corrected chi connectivity index (χ2v) is 11.7. The number of amidine groups is 1. The number of nitrogens with zero attached hydrogens (tertiary/aromatic N) is 4. The average molecular weight is 681 g/mol. The van der Waals surface area contributed by atoms with Crippen molar-refractivity contribution in [3.63, 3.8) is 0 Å². The number of aliphatic imine (C=N–C) groups is 1. The number of rotatable bonds is 12. The van der Waals surface area contributed by atoms with Gasteiger partial charge in [-0.1, -0.05) is 30.3 Å². The van der Waals surface area contributed by atoms with Crippen molar-refractivity contribution in [2.24, 2.45) is 4.99 Å². The fourth-order valence-electron chi connectivity index (χ4n) is 5.87. The van der Waals surface area contributed by atoms with Gasteiger partial charge in [-0.2, -0.15) is 4.99 Å². The highest BCUT2D eigenvalue weighted by molar-refractivity contribution is 6.29. The van der Waals surface area contributed by atoms with E-state index in [2.05, 4.69) is 4.99 Å². The average Bonchev–Trinajstić information content (AvgIpc) is 3.02. The van der Waals surface area contributed by atoms with Crippen molar-refractivity contribution in [2.45, 2.75) is 79.0 Å². The van der Waals surface area contributed by atoms with Crippen LogP contribution in [-0.2, 0) is 49.5 Å². The van der Waals surface area contributed by atoms with E-state index < -0.39 is 73.0 Å². The van der Waals surface area contributed by atoms with Gasteiger partial charge < -0.3 is 33.9 Å². The molecule has 3 amide bonds. The highest BCUT2D eigenvalue weighted by Gasteiger charge is 2.59. The number of imide groups is 1. The van der Waals surface area contributed by atoms with Crippen LogP contribution in [0.3, 0.4) is 0 Å². The molecule has 2 aromatic rings. The van der Waals surface area contributed by atoms with Crippen LogP contribution in [0.25, 0.3) is 0 Å². The Morgan fingerprint density at radius 3 is 1.94 bits per heavy atom. The van der Waals surface area contributed by atoms with Crippen molar-refractivity contribution in [1.29, 1.82) is 0 Å². The van der Waals surface area contributed by atoms with Crippen LogP contribution in [0.1, 0.15) is 51.3 Å². The Bertz CT molecular complexity index is 1680. The third kappa shape index (κ3) is 7.72. The maximum Gasteiger partial charge on any atom is 0.352 e. The molecular formula is C34H40N4O11. The van der Waals surface area contributed by atoms with Gasteiger partial charge in [0, 0.05) is 34.2 Å². The van der Waals surface area contributed by atoms with Gasteiger partial charge in [-0.05, 0) is 49.6 Å². The monoisotopic (exact) mass is 680 g/mol. The summed E-state index contributed by atoms with van der Waals surface area (Å²) in [6.45, 7) is 8.72. The molecule has 0 bridgehead atoms. The molecule has 0 spiro atoms. The lowest BCUT2D eigenvalue weighted by Crippen LogP contribution is -2.74. The number of fused-ring (bicyclic) bond motifs is 2. The first-order valence-electron chi connectivity index (χ1n) is 15.6. The first kappa shape index (κ1) is 36.5. The second kappa shape index (κ2) is 14.8. The van der Waals surface area contributed by atoms with E-state index in [1.54, 1.807) is 49.4 Å². The normalized spacial score (nSPS) is 18.8. The summed E-state index contributed by atoms with van der Waals surface area (Å²) in [5, 5.41) is 12.5. The Hall–Kier alpha value is -5.31. The number of hydrogen-bond acceptors (Lipinski definition) is 13. The Labute approximate surface area is 283 Å². The predicted molar refractivity (Wildman–Crippen MR) is 174 cm³/mol. The second-order valence-electron chi connectivity index (χ2n) is 11.7. The van der Waals surface area contributed by atoms with Gasteiger partial charge >= 0.3 is 29.9 Å². The summed E-state index contributed by atoms with van der Waals surface area (Å²) >= 11 is 0. The predicted octanol–water partition coefficient (Wildman–Crippen LogP) is 2.56. The minimum atomic E-state index is -2.52. The molecule has 2 aliphatic rings. The van der Waals surface area contributed by atoms with Gasteiger partial charge in [-0.15, -0.1) is 0 Å². The van der Waals surface area contributed by atoms with Crippen molar-refractivity contribution >= 4 is 53.0 Å². The van der Waals surface area contributed by atoms with Crippen molar-refractivity contribution in [1.82, 2.24) is 4.90 Å². The van der Waals surface area contributed by atoms with Crippen LogP contribution in [-0.4, -0.2) is 95.4 Å². The maximum atomic E-state index is 14.3. The minimum absolute atomic E-state index is 0.109. The SMILES string of the molecule is CCN1c2cc(C)c(C)cc2N(C[C@H](OC(C)=O)[C@H](OC(C)=O)[C@@H](COC(C)=O)OC(C)=O)C2=NC(=O)N(Cc3ccccc3)C(=O)C21O. The number of carbonyl (C=O) groups excluding carboxylic acids is 6. The van der Waals surface area contributed by atoms with E-state index in [0.717, 1.165) is 43.7 Å². The quantitative estimate of drug-likeness (QED) is 0.255. The summed E-state index contributed by atoms with van der Waals surface area (Å²) in [6, 6.07) is 11.3. The number of hydrogen-bond donors (Lipinski definition) is 1.